The van der Waals surface area contributed by atoms with Gasteiger partial charge in [-0.15, -0.1) is 11.3 Å². The Labute approximate surface area is 672 Å². The zero-order valence-electron chi connectivity index (χ0n) is 64.1. The number of hydrogen-bond donors (Lipinski definition) is 5. The van der Waals surface area contributed by atoms with Gasteiger partial charge in [0.05, 0.1) is 100 Å². The van der Waals surface area contributed by atoms with E-state index in [4.69, 9.17) is 71.8 Å². The Bertz CT molecular complexity index is 4610. The van der Waals surface area contributed by atoms with Crippen LogP contribution < -0.4 is 51.1 Å². The van der Waals surface area contributed by atoms with Crippen molar-refractivity contribution in [3.05, 3.63) is 147 Å². The Hall–Kier alpha value is -9.57. The van der Waals surface area contributed by atoms with Crippen molar-refractivity contribution in [3.8, 4) is 44.7 Å². The molecule has 7 amide bonds. The fourth-order valence-corrected chi connectivity index (χ4v) is 16.3. The Morgan fingerprint density at radius 1 is 0.860 bits per heavy atom. The fraction of sp³-hybridized carbons (Fsp3) is 0.469. The number of ether oxygens (including phenoxy) is 8. The number of carbonyl (C=O) groups is 7. The van der Waals surface area contributed by atoms with Crippen LogP contribution in [-0.4, -0.2) is 218 Å². The molecule has 5 aliphatic heterocycles. The highest BCUT2D eigenvalue weighted by atomic mass is 35.5. The number of aromatic nitrogens is 4. The molecule has 5 atom stereocenters. The molecule has 33 heteroatoms. The van der Waals surface area contributed by atoms with Crippen molar-refractivity contribution in [3.63, 3.8) is 0 Å². The van der Waals surface area contributed by atoms with Gasteiger partial charge in [0, 0.05) is 90.5 Å². The number of hydrogen-bond acceptors (Lipinski definition) is 22. The largest absolute Gasteiger partial charge is 0.546 e. The summed E-state index contributed by atoms with van der Waals surface area (Å²) in [5.41, 5.74) is 8.98. The molecule has 7 aromatic rings. The van der Waals surface area contributed by atoms with Gasteiger partial charge in [0.1, 0.15) is 90.1 Å². The van der Waals surface area contributed by atoms with Gasteiger partial charge in [-0.3, -0.25) is 33.8 Å². The van der Waals surface area contributed by atoms with Crippen LogP contribution in [-0.2, 0) is 67.3 Å². The number of carboxylic acids is 1. The van der Waals surface area contributed by atoms with Crippen molar-refractivity contribution in [1.29, 1.82) is 0 Å². The quantitative estimate of drug-likeness (QED) is 0.0160. The van der Waals surface area contributed by atoms with E-state index >= 15 is 4.39 Å². The summed E-state index contributed by atoms with van der Waals surface area (Å²) >= 11 is 16.3. The summed E-state index contributed by atoms with van der Waals surface area (Å²) in [6.45, 7) is 12.5. The minimum Gasteiger partial charge on any atom is -0.546 e. The minimum absolute atomic E-state index is 0.0144. The molecule has 2 saturated heterocycles. The topological polar surface area (TPSA) is 349 Å². The van der Waals surface area contributed by atoms with Gasteiger partial charge in [0.15, 0.2) is 5.75 Å². The fourth-order valence-electron chi connectivity index (χ4n) is 14.7. The van der Waals surface area contributed by atoms with Crippen molar-refractivity contribution in [1.82, 2.24) is 45.7 Å². The number of nitrogens with two attached hydrogens (primary N) is 1. The molecule has 13 rings (SSSR count). The predicted octanol–water partition coefficient (Wildman–Crippen LogP) is 8.44. The number of benzene rings is 4. The maximum Gasteiger partial charge on any atom is 0.312 e. The Kier molecular flexibility index (Phi) is 28.1. The minimum atomic E-state index is -1.69. The number of quaternary nitrogens is 1. The molecule has 4 aromatic carbocycles. The third-order valence-electron chi connectivity index (χ3n) is 21.1. The Morgan fingerprint density at radius 3 is 2.29 bits per heavy atom. The number of nitrogens with zero attached hydrogens (tertiary/aromatic N) is 7. The molecule has 0 unspecified atom stereocenters. The van der Waals surface area contributed by atoms with Crippen molar-refractivity contribution >= 4 is 92.0 Å². The number of likely N-dealkylation sites (N-methyl/N-ethyl adjacent to an activating group) is 1. The standard InChI is InChI=1S/C81H94Cl2F2N12O16S/c1-47(2)71(94-63(98)23-33-106-34-30-96-64(99)18-19-65(96)100)76(102)93-60(7-6-26-88-80(86)105)75(101)92-55-14-8-50(9-15-55)40-97(5)31-28-95(29-32-97)39-58-44-110-57-16-17-61(111-41-56-22-27-87-74(91-56)52-20-24-81(85,25-21-52)45-108-43-59-42-107-35-36-109-59)53(37-57)38-62(79(103)104)113-77-68-67(66-48(3)69(82)72(112-58)70(83)49(66)4)73(114-78(68)90-46-89-77)51-10-12-54(84)13-11-51/h8-19,22,27,37,46-47,52,58-60,62,71H,6-7,20-21,23-26,28-36,38-45H2,1-5H3,(H6-,86,88,92,93,94,98,101,102,103,104,105)/t52?,58-,59+,60+,62-,71+,81?/m1/s1. The molecule has 28 nitrogen and oxygen atoms in total. The highest BCUT2D eigenvalue weighted by molar-refractivity contribution is 7.22. The van der Waals surface area contributed by atoms with Crippen LogP contribution in [0.4, 0.5) is 19.3 Å². The molecule has 0 spiro atoms. The second kappa shape index (κ2) is 38.3. The molecule has 0 radical (unpaired) electrons. The summed E-state index contributed by atoms with van der Waals surface area (Å²) in [4.78, 5) is 113. The number of imide groups is 1. The summed E-state index contributed by atoms with van der Waals surface area (Å²) in [6, 6.07) is 17.3. The van der Waals surface area contributed by atoms with Gasteiger partial charge in [-0.25, -0.2) is 33.5 Å². The first-order chi connectivity index (χ1) is 54.8. The number of alkyl halides is 1. The SMILES string of the molecule is Cc1c(Cl)c2c(Cl)c(C)c1-c1c(-c3ccc(F)cc3)sc3ncnc(c13)O[C@@H](C(=O)[O-])Cc1cc(ccc1OCc1ccnc(C3CCC(F)(COC[C@@H]4COCCO4)CC3)n1)OC[C@@H](CN1CC[N+](C)(Cc3ccc(NC(=O)[C@H](CCCNC(N)=O)NC(=O)[C@@H](NC(=O)CCOCCN4C(=O)C=CC4=O)C(C)C)cc3)CC1)O2. The van der Waals surface area contributed by atoms with Crippen LogP contribution in [0.3, 0.4) is 0 Å². The van der Waals surface area contributed by atoms with Gasteiger partial charge in [-0.2, -0.15) is 0 Å². The molecule has 6 N–H and O–H groups in total. The number of carbonyl (C=O) groups excluding carboxylic acids is 7. The van der Waals surface area contributed by atoms with E-state index in [1.807, 2.05) is 26.0 Å². The summed E-state index contributed by atoms with van der Waals surface area (Å²) in [6.07, 6.45) is 4.12. The van der Waals surface area contributed by atoms with Crippen molar-refractivity contribution in [2.75, 3.05) is 111 Å². The first-order valence-corrected chi connectivity index (χ1v) is 39.8. The maximum absolute atomic E-state index is 16.1. The predicted molar refractivity (Wildman–Crippen MR) is 418 cm³/mol. The lowest BCUT2D eigenvalue weighted by molar-refractivity contribution is -0.926. The van der Waals surface area contributed by atoms with E-state index in [1.165, 1.54) is 41.9 Å². The van der Waals surface area contributed by atoms with Crippen LogP contribution in [0.25, 0.3) is 31.8 Å². The number of aliphatic carboxylic acids is 1. The third-order valence-corrected chi connectivity index (χ3v) is 23.1. The molecule has 1 saturated carbocycles. The van der Waals surface area contributed by atoms with Gasteiger partial charge in [0.2, 0.25) is 23.6 Å². The van der Waals surface area contributed by atoms with E-state index in [1.54, 1.807) is 68.6 Å². The number of piperazine rings is 1. The number of thiophene rings is 1. The molecule has 608 valence electrons. The summed E-state index contributed by atoms with van der Waals surface area (Å²) in [7, 11) is 2.18. The molecule has 1 aliphatic carbocycles. The van der Waals surface area contributed by atoms with Crippen molar-refractivity contribution < 1.29 is 89.8 Å². The van der Waals surface area contributed by atoms with E-state index in [9.17, 15) is 43.1 Å². The number of anilines is 1. The van der Waals surface area contributed by atoms with Gasteiger partial charge in [0.25, 0.3) is 11.8 Å². The Morgan fingerprint density at radius 2 is 1.60 bits per heavy atom. The van der Waals surface area contributed by atoms with Crippen LogP contribution in [0.1, 0.15) is 98.5 Å². The summed E-state index contributed by atoms with van der Waals surface area (Å²) in [5, 5.41) is 25.3. The van der Waals surface area contributed by atoms with E-state index in [0.29, 0.717) is 154 Å². The van der Waals surface area contributed by atoms with E-state index in [-0.39, 0.29) is 125 Å². The van der Waals surface area contributed by atoms with E-state index < -0.39 is 83.2 Å². The molecular formula is C81H94Cl2F2N12O16S. The number of rotatable bonds is 30. The highest BCUT2D eigenvalue weighted by Gasteiger charge is 2.39. The van der Waals surface area contributed by atoms with Gasteiger partial charge in [-0.1, -0.05) is 61.3 Å². The van der Waals surface area contributed by atoms with Crippen LogP contribution in [0, 0.1) is 25.6 Å². The highest BCUT2D eigenvalue weighted by Crippen LogP contribution is 2.53. The van der Waals surface area contributed by atoms with Crippen molar-refractivity contribution in [2.45, 2.75) is 134 Å². The van der Waals surface area contributed by atoms with Gasteiger partial charge < -0.3 is 79.3 Å². The maximum atomic E-state index is 16.1. The van der Waals surface area contributed by atoms with E-state index in [2.05, 4.69) is 48.2 Å². The number of urea groups is 1. The molecule has 114 heavy (non-hydrogen) atoms. The number of fused-ring (bicyclic) bond motifs is 7. The van der Waals surface area contributed by atoms with Crippen LogP contribution in [0.2, 0.25) is 10.0 Å². The first-order valence-electron chi connectivity index (χ1n) is 38.2. The number of carboxylic acid groups (broad SMARTS) is 1. The molecule has 6 aliphatic rings. The zero-order valence-corrected chi connectivity index (χ0v) is 66.4. The second-order valence-electron chi connectivity index (χ2n) is 29.9. The number of primary amides is 1. The lowest BCUT2D eigenvalue weighted by Gasteiger charge is -2.43. The zero-order chi connectivity index (χ0) is 80.8. The van der Waals surface area contributed by atoms with Crippen LogP contribution in [0.15, 0.2) is 97.5 Å². The van der Waals surface area contributed by atoms with Crippen LogP contribution in [0.5, 0.6) is 23.1 Å². The van der Waals surface area contributed by atoms with Gasteiger partial charge in [-0.05, 0) is 129 Å². The first kappa shape index (κ1) is 83.8. The second-order valence-corrected chi connectivity index (χ2v) is 31.7. The average Bonchev–Trinajstić information content (AvgIpc) is 1.54. The number of halogens is 4. The van der Waals surface area contributed by atoms with Gasteiger partial charge >= 0.3 is 6.03 Å². The molecular weight excluding hydrogens is 1540 g/mol. The lowest BCUT2D eigenvalue weighted by Crippen LogP contribution is -2.58. The van der Waals surface area contributed by atoms with E-state index in [0.717, 1.165) is 10.5 Å². The van der Waals surface area contributed by atoms with Crippen LogP contribution >= 0.6 is 34.5 Å². The lowest BCUT2D eigenvalue weighted by atomic mass is 9.80. The molecule has 3 aromatic heterocycles. The summed E-state index contributed by atoms with van der Waals surface area (Å²) < 4.78 is 80.7. The van der Waals surface area contributed by atoms with Crippen molar-refractivity contribution in [2.24, 2.45) is 11.7 Å². The monoisotopic (exact) mass is 1630 g/mol. The normalized spacial score (nSPS) is 20.3. The average molecular weight is 1630 g/mol. The smallest absolute Gasteiger partial charge is 0.312 e. The third kappa shape index (κ3) is 21.5. The molecule has 4 bridgehead atoms. The summed E-state index contributed by atoms with van der Waals surface area (Å²) in [5.74, 6) is -3.72. The Balaban J connectivity index is 0.742. The number of amides is 7. The number of nitrogens with one attached hydrogen (secondary N) is 4. The molecule has 3 fully saturated rings. The molecule has 8 heterocycles.